The van der Waals surface area contributed by atoms with Gasteiger partial charge in [0, 0.05) is 11.1 Å². The number of nitrogens with two attached hydrogens (primary N) is 1. The number of anilines is 1. The van der Waals surface area contributed by atoms with Gasteiger partial charge in [0.25, 0.3) is 0 Å². The number of nitrogens with one attached hydrogen (secondary N) is 1. The Bertz CT molecular complexity index is 728. The monoisotopic (exact) mass is 322 g/mol. The SMILES string of the molecule is NCC(=O)Nc1ccc(C(F)(F)F)cc1C(=O)c1ccccc1. The third-order valence-electron chi connectivity index (χ3n) is 3.09. The van der Waals surface area contributed by atoms with E-state index in [4.69, 9.17) is 5.73 Å². The van der Waals surface area contributed by atoms with Crippen LogP contribution in [0.15, 0.2) is 48.5 Å². The number of halogens is 3. The second-order valence-corrected chi connectivity index (χ2v) is 4.71. The highest BCUT2D eigenvalue weighted by Crippen LogP contribution is 2.32. The maximum absolute atomic E-state index is 12.9. The summed E-state index contributed by atoms with van der Waals surface area (Å²) in [6.45, 7) is -0.347. The summed E-state index contributed by atoms with van der Waals surface area (Å²) in [7, 11) is 0. The molecule has 2 rings (SSSR count). The molecule has 0 aromatic heterocycles. The first-order valence-electron chi connectivity index (χ1n) is 6.64. The highest BCUT2D eigenvalue weighted by molar-refractivity contribution is 6.14. The van der Waals surface area contributed by atoms with Crippen LogP contribution in [0.25, 0.3) is 0 Å². The van der Waals surface area contributed by atoms with Crippen LogP contribution in [-0.2, 0) is 11.0 Å². The Morgan fingerprint density at radius 3 is 2.26 bits per heavy atom. The van der Waals surface area contributed by atoms with Crippen molar-refractivity contribution >= 4 is 17.4 Å². The summed E-state index contributed by atoms with van der Waals surface area (Å²) < 4.78 is 38.6. The molecule has 120 valence electrons. The normalized spacial score (nSPS) is 11.1. The number of amides is 1. The zero-order valence-corrected chi connectivity index (χ0v) is 11.9. The highest BCUT2D eigenvalue weighted by Gasteiger charge is 2.32. The van der Waals surface area contributed by atoms with Gasteiger partial charge in [0.2, 0.25) is 5.91 Å². The summed E-state index contributed by atoms with van der Waals surface area (Å²) >= 11 is 0. The van der Waals surface area contributed by atoms with E-state index in [1.807, 2.05) is 0 Å². The lowest BCUT2D eigenvalue weighted by atomic mass is 9.99. The molecule has 0 heterocycles. The van der Waals surface area contributed by atoms with Crippen LogP contribution < -0.4 is 11.1 Å². The fourth-order valence-electron chi connectivity index (χ4n) is 1.96. The van der Waals surface area contributed by atoms with Crippen molar-refractivity contribution in [2.24, 2.45) is 5.73 Å². The third kappa shape index (κ3) is 3.95. The molecule has 0 saturated heterocycles. The van der Waals surface area contributed by atoms with Gasteiger partial charge in [-0.15, -0.1) is 0 Å². The average Bonchev–Trinajstić information content (AvgIpc) is 2.54. The maximum atomic E-state index is 12.9. The number of rotatable bonds is 4. The van der Waals surface area contributed by atoms with Gasteiger partial charge in [0.15, 0.2) is 5.78 Å². The summed E-state index contributed by atoms with van der Waals surface area (Å²) in [6.07, 6.45) is -4.60. The minimum Gasteiger partial charge on any atom is -0.324 e. The Kier molecular flexibility index (Phi) is 4.80. The topological polar surface area (TPSA) is 72.2 Å². The predicted octanol–water partition coefficient (Wildman–Crippen LogP) is 2.83. The second kappa shape index (κ2) is 6.62. The molecule has 7 heteroatoms. The van der Waals surface area contributed by atoms with Crippen LogP contribution in [0.2, 0.25) is 0 Å². The number of carbonyl (C=O) groups excluding carboxylic acids is 2. The average molecular weight is 322 g/mol. The van der Waals surface area contributed by atoms with Crippen LogP contribution >= 0.6 is 0 Å². The van der Waals surface area contributed by atoms with Crippen molar-refractivity contribution in [3.63, 3.8) is 0 Å². The second-order valence-electron chi connectivity index (χ2n) is 4.71. The Morgan fingerprint density at radius 1 is 1.04 bits per heavy atom. The number of alkyl halides is 3. The van der Waals surface area contributed by atoms with Crippen LogP contribution in [0.3, 0.4) is 0 Å². The van der Waals surface area contributed by atoms with Crippen molar-refractivity contribution in [2.75, 3.05) is 11.9 Å². The molecule has 0 radical (unpaired) electrons. The molecule has 0 atom stereocenters. The molecular formula is C16H13F3N2O2. The van der Waals surface area contributed by atoms with Gasteiger partial charge in [-0.05, 0) is 18.2 Å². The highest BCUT2D eigenvalue weighted by atomic mass is 19.4. The lowest BCUT2D eigenvalue weighted by Crippen LogP contribution is -2.23. The molecule has 0 aliphatic heterocycles. The minimum atomic E-state index is -4.60. The number of carbonyl (C=O) groups is 2. The summed E-state index contributed by atoms with van der Waals surface area (Å²) in [5, 5.41) is 2.34. The molecule has 2 aromatic rings. The van der Waals surface area contributed by atoms with Crippen molar-refractivity contribution in [2.45, 2.75) is 6.18 Å². The van der Waals surface area contributed by atoms with Gasteiger partial charge in [-0.3, -0.25) is 9.59 Å². The minimum absolute atomic E-state index is 0.0118. The lowest BCUT2D eigenvalue weighted by molar-refractivity contribution is -0.137. The van der Waals surface area contributed by atoms with Crippen LogP contribution in [0, 0.1) is 0 Å². The quantitative estimate of drug-likeness (QED) is 0.850. The summed E-state index contributed by atoms with van der Waals surface area (Å²) in [4.78, 5) is 23.9. The molecule has 4 nitrogen and oxygen atoms in total. The fraction of sp³-hybridized carbons (Fsp3) is 0.125. The third-order valence-corrected chi connectivity index (χ3v) is 3.09. The van der Waals surface area contributed by atoms with E-state index in [1.165, 1.54) is 12.1 Å². The lowest BCUT2D eigenvalue weighted by Gasteiger charge is -2.13. The van der Waals surface area contributed by atoms with Gasteiger partial charge in [-0.1, -0.05) is 30.3 Å². The van der Waals surface area contributed by atoms with Crippen molar-refractivity contribution in [3.8, 4) is 0 Å². The molecular weight excluding hydrogens is 309 g/mol. The Labute approximate surface area is 130 Å². The Balaban J connectivity index is 2.52. The van der Waals surface area contributed by atoms with Crippen molar-refractivity contribution in [1.82, 2.24) is 0 Å². The first kappa shape index (κ1) is 16.7. The van der Waals surface area contributed by atoms with E-state index in [1.54, 1.807) is 18.2 Å². The van der Waals surface area contributed by atoms with E-state index in [-0.39, 0.29) is 23.4 Å². The Morgan fingerprint density at radius 2 is 1.70 bits per heavy atom. The first-order chi connectivity index (χ1) is 10.8. The van der Waals surface area contributed by atoms with Crippen LogP contribution in [0.1, 0.15) is 21.5 Å². The van der Waals surface area contributed by atoms with Crippen molar-refractivity contribution in [3.05, 3.63) is 65.2 Å². The van der Waals surface area contributed by atoms with Crippen molar-refractivity contribution in [1.29, 1.82) is 0 Å². The summed E-state index contributed by atoms with van der Waals surface area (Å²) in [5.74, 6) is -1.23. The zero-order chi connectivity index (χ0) is 17.0. The standard InChI is InChI=1S/C16H13F3N2O2/c17-16(18,19)11-6-7-13(21-14(22)9-20)12(8-11)15(23)10-4-2-1-3-5-10/h1-8H,9,20H2,(H,21,22). The molecule has 0 spiro atoms. The molecule has 3 N–H and O–H groups in total. The predicted molar refractivity (Wildman–Crippen MR) is 79.0 cm³/mol. The molecule has 23 heavy (non-hydrogen) atoms. The van der Waals surface area contributed by atoms with E-state index in [2.05, 4.69) is 5.32 Å². The van der Waals surface area contributed by atoms with Crippen LogP contribution in [-0.4, -0.2) is 18.2 Å². The molecule has 0 bridgehead atoms. The summed E-state index contributed by atoms with van der Waals surface area (Å²) in [6, 6.07) is 10.4. The number of hydrogen-bond donors (Lipinski definition) is 2. The smallest absolute Gasteiger partial charge is 0.324 e. The largest absolute Gasteiger partial charge is 0.416 e. The van der Waals surface area contributed by atoms with Gasteiger partial charge in [-0.25, -0.2) is 0 Å². The molecule has 0 aliphatic carbocycles. The molecule has 0 saturated carbocycles. The van der Waals surface area contributed by atoms with Crippen LogP contribution in [0.5, 0.6) is 0 Å². The fourth-order valence-corrected chi connectivity index (χ4v) is 1.96. The van der Waals surface area contributed by atoms with Crippen LogP contribution in [0.4, 0.5) is 18.9 Å². The first-order valence-corrected chi connectivity index (χ1v) is 6.64. The van der Waals surface area contributed by atoms with E-state index < -0.39 is 23.4 Å². The molecule has 2 aromatic carbocycles. The number of ketones is 1. The van der Waals surface area contributed by atoms with E-state index in [0.29, 0.717) is 0 Å². The summed E-state index contributed by atoms with van der Waals surface area (Å²) in [5.41, 5.74) is 4.17. The van der Waals surface area contributed by atoms with Gasteiger partial charge in [0.1, 0.15) is 0 Å². The molecule has 0 aliphatic rings. The van der Waals surface area contributed by atoms with Gasteiger partial charge in [0.05, 0.1) is 17.8 Å². The number of hydrogen-bond acceptors (Lipinski definition) is 3. The number of benzene rings is 2. The van der Waals surface area contributed by atoms with Crippen molar-refractivity contribution < 1.29 is 22.8 Å². The zero-order valence-electron chi connectivity index (χ0n) is 11.9. The van der Waals surface area contributed by atoms with E-state index in [0.717, 1.165) is 18.2 Å². The van der Waals surface area contributed by atoms with E-state index in [9.17, 15) is 22.8 Å². The van der Waals surface area contributed by atoms with Gasteiger partial charge < -0.3 is 11.1 Å². The molecule has 1 amide bonds. The molecule has 0 unspecified atom stereocenters. The Hall–Kier alpha value is -2.67. The van der Waals surface area contributed by atoms with Gasteiger partial charge in [-0.2, -0.15) is 13.2 Å². The molecule has 0 fully saturated rings. The van der Waals surface area contributed by atoms with Gasteiger partial charge >= 0.3 is 6.18 Å². The maximum Gasteiger partial charge on any atom is 0.416 e. The van der Waals surface area contributed by atoms with E-state index >= 15 is 0 Å².